The van der Waals surface area contributed by atoms with E-state index in [4.69, 9.17) is 11.6 Å². The van der Waals surface area contributed by atoms with Gasteiger partial charge in [0.25, 0.3) is 5.69 Å². The number of nitro benzene ring substituents is 1. The molecule has 0 saturated heterocycles. The fourth-order valence-corrected chi connectivity index (χ4v) is 2.34. The molecule has 2 aromatic rings. The lowest BCUT2D eigenvalue weighted by molar-refractivity contribution is -0.384. The number of rotatable bonds is 6. The van der Waals surface area contributed by atoms with Gasteiger partial charge in [0.2, 0.25) is 0 Å². The average Bonchev–Trinajstić information content (AvgIpc) is 2.49. The molecule has 1 unspecified atom stereocenters. The van der Waals surface area contributed by atoms with Gasteiger partial charge in [0.1, 0.15) is 0 Å². The predicted octanol–water partition coefficient (Wildman–Crippen LogP) is 5.20. The van der Waals surface area contributed by atoms with Crippen molar-refractivity contribution in [3.8, 4) is 0 Å². The molecule has 110 valence electrons. The topological polar surface area (TPSA) is 55.2 Å². The van der Waals surface area contributed by atoms with Crippen LogP contribution in [0.15, 0.2) is 48.5 Å². The van der Waals surface area contributed by atoms with Crippen molar-refractivity contribution in [1.82, 2.24) is 0 Å². The van der Waals surface area contributed by atoms with Crippen molar-refractivity contribution < 1.29 is 4.92 Å². The van der Waals surface area contributed by atoms with E-state index >= 15 is 0 Å². The molecule has 5 heteroatoms. The summed E-state index contributed by atoms with van der Waals surface area (Å²) < 4.78 is 0. The second-order valence-electron chi connectivity index (χ2n) is 4.84. The summed E-state index contributed by atoms with van der Waals surface area (Å²) in [5.41, 5.74) is 1.98. The van der Waals surface area contributed by atoms with Crippen molar-refractivity contribution in [2.45, 2.75) is 25.8 Å². The summed E-state index contributed by atoms with van der Waals surface area (Å²) in [5, 5.41) is 15.0. The molecule has 1 atom stereocenters. The molecule has 0 radical (unpaired) electrons. The van der Waals surface area contributed by atoms with Crippen LogP contribution in [-0.2, 0) is 0 Å². The molecule has 0 amide bonds. The summed E-state index contributed by atoms with van der Waals surface area (Å²) in [6.45, 7) is 2.09. The number of nitrogens with zero attached hydrogens (tertiary/aromatic N) is 1. The largest absolute Gasteiger partial charge is 0.378 e. The molecule has 0 bridgehead atoms. The van der Waals surface area contributed by atoms with Crippen LogP contribution in [0.3, 0.4) is 0 Å². The standard InChI is InChI=1S/C16H17ClN2O2/c1-2-4-16(18-14-9-7-13(17)8-10-14)12-5-3-6-15(11-12)19(20)21/h3,5-11,16,18H,2,4H2,1H3. The summed E-state index contributed by atoms with van der Waals surface area (Å²) in [6, 6.07) is 14.3. The summed E-state index contributed by atoms with van der Waals surface area (Å²) >= 11 is 5.88. The minimum atomic E-state index is -0.366. The Morgan fingerprint density at radius 2 is 1.95 bits per heavy atom. The molecule has 4 nitrogen and oxygen atoms in total. The van der Waals surface area contributed by atoms with E-state index in [0.717, 1.165) is 24.1 Å². The molecule has 0 saturated carbocycles. The van der Waals surface area contributed by atoms with Gasteiger partial charge in [-0.2, -0.15) is 0 Å². The summed E-state index contributed by atoms with van der Waals surface area (Å²) in [4.78, 5) is 10.5. The number of benzene rings is 2. The van der Waals surface area contributed by atoms with Gasteiger partial charge < -0.3 is 5.32 Å². The van der Waals surface area contributed by atoms with Gasteiger partial charge in [0.15, 0.2) is 0 Å². The van der Waals surface area contributed by atoms with Crippen molar-refractivity contribution in [2.75, 3.05) is 5.32 Å². The minimum absolute atomic E-state index is 0.0380. The lowest BCUT2D eigenvalue weighted by Crippen LogP contribution is -2.10. The van der Waals surface area contributed by atoms with Gasteiger partial charge in [-0.15, -0.1) is 0 Å². The molecule has 21 heavy (non-hydrogen) atoms. The maximum atomic E-state index is 10.9. The predicted molar refractivity (Wildman–Crippen MR) is 85.8 cm³/mol. The number of non-ortho nitro benzene ring substituents is 1. The summed E-state index contributed by atoms with van der Waals surface area (Å²) in [6.07, 6.45) is 1.87. The van der Waals surface area contributed by atoms with Gasteiger partial charge in [-0.05, 0) is 36.2 Å². The SMILES string of the molecule is CCCC(Nc1ccc(Cl)cc1)c1cccc([N+](=O)[O-])c1. The Morgan fingerprint density at radius 3 is 2.57 bits per heavy atom. The molecule has 2 aromatic carbocycles. The Morgan fingerprint density at radius 1 is 1.24 bits per heavy atom. The highest BCUT2D eigenvalue weighted by atomic mass is 35.5. The number of nitro groups is 1. The molecule has 1 N–H and O–H groups in total. The smallest absolute Gasteiger partial charge is 0.269 e. The van der Waals surface area contributed by atoms with E-state index < -0.39 is 0 Å². The van der Waals surface area contributed by atoms with Crippen LogP contribution < -0.4 is 5.32 Å². The third-order valence-electron chi connectivity index (χ3n) is 3.25. The van der Waals surface area contributed by atoms with Crippen LogP contribution >= 0.6 is 11.6 Å². The van der Waals surface area contributed by atoms with Crippen molar-refractivity contribution in [2.24, 2.45) is 0 Å². The Bertz CT molecular complexity index is 614. The fourth-order valence-electron chi connectivity index (χ4n) is 2.21. The first-order valence-corrected chi connectivity index (χ1v) is 7.24. The summed E-state index contributed by atoms with van der Waals surface area (Å²) in [5.74, 6) is 0. The zero-order valence-corrected chi connectivity index (χ0v) is 12.5. The highest BCUT2D eigenvalue weighted by molar-refractivity contribution is 6.30. The molecule has 0 aliphatic heterocycles. The number of anilines is 1. The van der Waals surface area contributed by atoms with E-state index in [-0.39, 0.29) is 16.7 Å². The van der Waals surface area contributed by atoms with Crippen molar-refractivity contribution in [1.29, 1.82) is 0 Å². The van der Waals surface area contributed by atoms with Gasteiger partial charge in [-0.3, -0.25) is 10.1 Å². The second-order valence-corrected chi connectivity index (χ2v) is 5.28. The average molecular weight is 305 g/mol. The van der Waals surface area contributed by atoms with Crippen LogP contribution in [0.1, 0.15) is 31.4 Å². The van der Waals surface area contributed by atoms with Crippen LogP contribution in [0.5, 0.6) is 0 Å². The minimum Gasteiger partial charge on any atom is -0.378 e. The molecule has 0 aliphatic carbocycles. The van der Waals surface area contributed by atoms with Crippen molar-refractivity contribution in [3.05, 3.63) is 69.2 Å². The molecule has 0 spiro atoms. The first-order valence-electron chi connectivity index (χ1n) is 6.86. The van der Waals surface area contributed by atoms with Crippen LogP contribution in [0.2, 0.25) is 5.02 Å². The highest BCUT2D eigenvalue weighted by Crippen LogP contribution is 2.27. The van der Waals surface area contributed by atoms with E-state index in [1.54, 1.807) is 12.1 Å². The third-order valence-corrected chi connectivity index (χ3v) is 3.50. The Kier molecular flexibility index (Phi) is 5.17. The first kappa shape index (κ1) is 15.3. The maximum Gasteiger partial charge on any atom is 0.269 e. The zero-order valence-electron chi connectivity index (χ0n) is 11.8. The van der Waals surface area contributed by atoms with Gasteiger partial charge in [0.05, 0.1) is 11.0 Å². The Labute approximate surface area is 128 Å². The zero-order chi connectivity index (χ0) is 15.2. The van der Waals surface area contributed by atoms with Gasteiger partial charge >= 0.3 is 0 Å². The van der Waals surface area contributed by atoms with Crippen molar-refractivity contribution >= 4 is 23.0 Å². The van der Waals surface area contributed by atoms with E-state index in [9.17, 15) is 10.1 Å². The van der Waals surface area contributed by atoms with Gasteiger partial charge in [0, 0.05) is 22.8 Å². The fraction of sp³-hybridized carbons (Fsp3) is 0.250. The Balaban J connectivity index is 2.23. The highest BCUT2D eigenvalue weighted by Gasteiger charge is 2.14. The molecule has 0 aliphatic rings. The van der Waals surface area contributed by atoms with Crippen LogP contribution in [0.25, 0.3) is 0 Å². The molecule has 0 heterocycles. The second kappa shape index (κ2) is 7.09. The first-order chi connectivity index (χ1) is 10.1. The Hall–Kier alpha value is -2.07. The molecule has 0 aromatic heterocycles. The maximum absolute atomic E-state index is 10.9. The van der Waals surface area contributed by atoms with Gasteiger partial charge in [-0.25, -0.2) is 0 Å². The van der Waals surface area contributed by atoms with Crippen LogP contribution in [0.4, 0.5) is 11.4 Å². The molecular formula is C16H17ClN2O2. The van der Waals surface area contributed by atoms with E-state index in [0.29, 0.717) is 5.02 Å². The van der Waals surface area contributed by atoms with Crippen molar-refractivity contribution in [3.63, 3.8) is 0 Å². The van der Waals surface area contributed by atoms with E-state index in [1.807, 2.05) is 30.3 Å². The molecule has 0 fully saturated rings. The summed E-state index contributed by atoms with van der Waals surface area (Å²) in [7, 11) is 0. The normalized spacial score (nSPS) is 11.9. The molecule has 2 rings (SSSR count). The number of hydrogen-bond acceptors (Lipinski definition) is 3. The lowest BCUT2D eigenvalue weighted by atomic mass is 10.0. The van der Waals surface area contributed by atoms with E-state index in [2.05, 4.69) is 12.2 Å². The number of nitrogens with one attached hydrogen (secondary N) is 1. The quantitative estimate of drug-likeness (QED) is 0.589. The lowest BCUT2D eigenvalue weighted by Gasteiger charge is -2.20. The van der Waals surface area contributed by atoms with Crippen LogP contribution in [-0.4, -0.2) is 4.92 Å². The van der Waals surface area contributed by atoms with Crippen LogP contribution in [0, 0.1) is 10.1 Å². The number of hydrogen-bond donors (Lipinski definition) is 1. The van der Waals surface area contributed by atoms with Gasteiger partial charge in [-0.1, -0.05) is 37.1 Å². The third kappa shape index (κ3) is 4.20. The number of halogens is 1. The monoisotopic (exact) mass is 304 g/mol. The van der Waals surface area contributed by atoms with E-state index in [1.165, 1.54) is 6.07 Å². The molecular weight excluding hydrogens is 288 g/mol.